The van der Waals surface area contributed by atoms with Crippen LogP contribution < -0.4 is 10.0 Å². The van der Waals surface area contributed by atoms with Gasteiger partial charge in [-0.1, -0.05) is 24.6 Å². The lowest BCUT2D eigenvalue weighted by Crippen LogP contribution is -2.39. The predicted octanol–water partition coefficient (Wildman–Crippen LogP) is 2.87. The van der Waals surface area contributed by atoms with Crippen LogP contribution in [0.4, 0.5) is 5.69 Å². The van der Waals surface area contributed by atoms with E-state index in [0.717, 1.165) is 5.56 Å². The van der Waals surface area contributed by atoms with Crippen molar-refractivity contribution in [1.29, 1.82) is 0 Å². The zero-order valence-corrected chi connectivity index (χ0v) is 16.9. The first-order valence-corrected chi connectivity index (χ1v) is 10.4. The molecule has 28 heavy (non-hydrogen) atoms. The van der Waals surface area contributed by atoms with Gasteiger partial charge in [-0.3, -0.25) is 9.52 Å². The lowest BCUT2D eigenvalue weighted by atomic mass is 10.2. The van der Waals surface area contributed by atoms with Gasteiger partial charge >= 0.3 is 5.97 Å². The topological polar surface area (TPSA) is 102 Å². The average molecular weight is 404 g/mol. The highest BCUT2D eigenvalue weighted by Gasteiger charge is 2.18. The lowest BCUT2D eigenvalue weighted by Gasteiger charge is -2.13. The molecule has 0 aliphatic heterocycles. The van der Waals surface area contributed by atoms with Crippen molar-refractivity contribution in [3.8, 4) is 0 Å². The summed E-state index contributed by atoms with van der Waals surface area (Å²) in [6.45, 7) is 5.60. The first-order valence-electron chi connectivity index (χ1n) is 8.90. The molecule has 0 unspecified atom stereocenters. The Morgan fingerprint density at radius 3 is 2.21 bits per heavy atom. The summed E-state index contributed by atoms with van der Waals surface area (Å²) < 4.78 is 32.2. The maximum Gasteiger partial charge on any atom is 0.328 e. The summed E-state index contributed by atoms with van der Waals surface area (Å²) in [4.78, 5) is 24.1. The van der Waals surface area contributed by atoms with Gasteiger partial charge in [-0.05, 0) is 56.7 Å². The number of rotatable bonds is 8. The van der Waals surface area contributed by atoms with Crippen molar-refractivity contribution in [2.75, 3.05) is 11.3 Å². The minimum atomic E-state index is -3.71. The van der Waals surface area contributed by atoms with Gasteiger partial charge in [0.25, 0.3) is 15.9 Å². The van der Waals surface area contributed by atoms with Crippen LogP contribution in [0.15, 0.2) is 53.4 Å². The van der Waals surface area contributed by atoms with E-state index in [1.54, 1.807) is 19.1 Å². The Kier molecular flexibility index (Phi) is 7.17. The van der Waals surface area contributed by atoms with Crippen LogP contribution >= 0.6 is 0 Å². The monoisotopic (exact) mass is 404 g/mol. The van der Waals surface area contributed by atoms with Gasteiger partial charge in [-0.2, -0.15) is 0 Å². The molecule has 8 heteroatoms. The van der Waals surface area contributed by atoms with Gasteiger partial charge in [-0.15, -0.1) is 0 Å². The summed E-state index contributed by atoms with van der Waals surface area (Å²) >= 11 is 0. The molecule has 0 heterocycles. The number of ether oxygens (including phenoxy) is 1. The minimum Gasteiger partial charge on any atom is -0.464 e. The number of benzene rings is 2. The zero-order valence-electron chi connectivity index (χ0n) is 16.1. The number of carbonyl (C=O) groups excluding carboxylic acids is 2. The molecule has 2 N–H and O–H groups in total. The van der Waals surface area contributed by atoms with E-state index in [-0.39, 0.29) is 4.90 Å². The van der Waals surface area contributed by atoms with Crippen molar-refractivity contribution < 1.29 is 22.7 Å². The van der Waals surface area contributed by atoms with Crippen molar-refractivity contribution in [2.45, 2.75) is 38.1 Å². The first-order chi connectivity index (χ1) is 13.2. The van der Waals surface area contributed by atoms with E-state index in [9.17, 15) is 18.0 Å². The van der Waals surface area contributed by atoms with Gasteiger partial charge in [-0.25, -0.2) is 13.2 Å². The molecule has 0 saturated carbocycles. The first kappa shape index (κ1) is 21.4. The molecule has 150 valence electrons. The van der Waals surface area contributed by atoms with Gasteiger partial charge in [0.15, 0.2) is 0 Å². The molecule has 7 nitrogen and oxygen atoms in total. The number of aryl methyl sites for hydroxylation is 1. The third-order valence-corrected chi connectivity index (χ3v) is 5.28. The number of esters is 1. The Morgan fingerprint density at radius 2 is 1.64 bits per heavy atom. The Morgan fingerprint density at radius 1 is 1.04 bits per heavy atom. The molecule has 2 aromatic carbocycles. The van der Waals surface area contributed by atoms with E-state index in [2.05, 4.69) is 10.0 Å². The molecule has 0 bridgehead atoms. The molecular formula is C20H24N2O5S. The van der Waals surface area contributed by atoms with Crippen LogP contribution in [0.3, 0.4) is 0 Å². The lowest BCUT2D eigenvalue weighted by molar-refractivity contribution is -0.145. The number of nitrogens with one attached hydrogen (secondary N) is 2. The number of sulfonamides is 1. The average Bonchev–Trinajstić information content (AvgIpc) is 2.66. The quantitative estimate of drug-likeness (QED) is 0.659. The van der Waals surface area contributed by atoms with Gasteiger partial charge in [0.1, 0.15) is 6.04 Å². The van der Waals surface area contributed by atoms with Gasteiger partial charge in [0.05, 0.1) is 11.5 Å². The standard InChI is InChI=1S/C20H24N2O5S/c1-4-13-27-20(24)15(3)21-19(23)16-7-9-17(10-8-16)22-28(25,26)18-11-5-14(2)6-12-18/h5-12,15,22H,4,13H2,1-3H3,(H,21,23)/t15-/m0/s1. The molecule has 0 aliphatic carbocycles. The smallest absolute Gasteiger partial charge is 0.328 e. The maximum atomic E-state index is 12.4. The van der Waals surface area contributed by atoms with E-state index in [1.807, 2.05) is 13.8 Å². The summed E-state index contributed by atoms with van der Waals surface area (Å²) in [7, 11) is -3.71. The molecule has 1 amide bonds. The number of amides is 1. The second-order valence-electron chi connectivity index (χ2n) is 6.36. The van der Waals surface area contributed by atoms with E-state index in [0.29, 0.717) is 24.3 Å². The third-order valence-electron chi connectivity index (χ3n) is 3.88. The fourth-order valence-electron chi connectivity index (χ4n) is 2.29. The molecule has 2 rings (SSSR count). The largest absolute Gasteiger partial charge is 0.464 e. The minimum absolute atomic E-state index is 0.152. The normalized spacial score (nSPS) is 12.1. The van der Waals surface area contributed by atoms with Crippen LogP contribution in [-0.4, -0.2) is 32.9 Å². The van der Waals surface area contributed by atoms with E-state index in [4.69, 9.17) is 4.74 Å². The Labute approximate surface area is 165 Å². The molecular weight excluding hydrogens is 380 g/mol. The van der Waals surface area contributed by atoms with E-state index in [1.165, 1.54) is 36.4 Å². The predicted molar refractivity (Wildman–Crippen MR) is 107 cm³/mol. The van der Waals surface area contributed by atoms with Gasteiger partial charge in [0, 0.05) is 11.3 Å². The Bertz CT molecular complexity index is 922. The highest BCUT2D eigenvalue weighted by atomic mass is 32.2. The van der Waals surface area contributed by atoms with Crippen molar-refractivity contribution in [2.24, 2.45) is 0 Å². The van der Waals surface area contributed by atoms with Crippen molar-refractivity contribution in [1.82, 2.24) is 5.32 Å². The van der Waals surface area contributed by atoms with Gasteiger partial charge < -0.3 is 10.1 Å². The molecule has 1 atom stereocenters. The van der Waals surface area contributed by atoms with Crippen LogP contribution in [0.25, 0.3) is 0 Å². The number of hydrogen-bond donors (Lipinski definition) is 2. The fourth-order valence-corrected chi connectivity index (χ4v) is 3.35. The number of anilines is 1. The fraction of sp³-hybridized carbons (Fsp3) is 0.300. The Hall–Kier alpha value is -2.87. The molecule has 0 fully saturated rings. The van der Waals surface area contributed by atoms with Gasteiger partial charge in [0.2, 0.25) is 0 Å². The van der Waals surface area contributed by atoms with E-state index >= 15 is 0 Å². The number of carbonyl (C=O) groups is 2. The summed E-state index contributed by atoms with van der Waals surface area (Å²) in [5.41, 5.74) is 1.59. The summed E-state index contributed by atoms with van der Waals surface area (Å²) in [5.74, 6) is -0.952. The molecule has 0 saturated heterocycles. The SMILES string of the molecule is CCCOC(=O)[C@H](C)NC(=O)c1ccc(NS(=O)(=O)c2ccc(C)cc2)cc1. The van der Waals surface area contributed by atoms with Crippen LogP contribution in [0.2, 0.25) is 0 Å². The number of hydrogen-bond acceptors (Lipinski definition) is 5. The maximum absolute atomic E-state index is 12.4. The highest BCUT2D eigenvalue weighted by molar-refractivity contribution is 7.92. The van der Waals surface area contributed by atoms with Crippen molar-refractivity contribution in [3.05, 3.63) is 59.7 Å². The van der Waals surface area contributed by atoms with E-state index < -0.39 is 27.9 Å². The molecule has 0 radical (unpaired) electrons. The zero-order chi connectivity index (χ0) is 20.7. The van der Waals surface area contributed by atoms with Crippen LogP contribution in [0.1, 0.15) is 36.2 Å². The third kappa shape index (κ3) is 5.82. The second kappa shape index (κ2) is 9.36. The summed E-state index contributed by atoms with van der Waals surface area (Å²) in [5, 5.41) is 2.55. The molecule has 0 spiro atoms. The Balaban J connectivity index is 2.01. The van der Waals surface area contributed by atoms with Crippen molar-refractivity contribution >= 4 is 27.6 Å². The molecule has 0 aromatic heterocycles. The summed E-state index contributed by atoms with van der Waals surface area (Å²) in [6.07, 6.45) is 0.701. The van der Waals surface area contributed by atoms with Crippen LogP contribution in [-0.2, 0) is 19.6 Å². The summed E-state index contributed by atoms with van der Waals surface area (Å²) in [6, 6.07) is 11.6. The van der Waals surface area contributed by atoms with Crippen LogP contribution in [0.5, 0.6) is 0 Å². The van der Waals surface area contributed by atoms with Crippen LogP contribution in [0, 0.1) is 6.92 Å². The van der Waals surface area contributed by atoms with Crippen molar-refractivity contribution in [3.63, 3.8) is 0 Å². The molecule has 2 aromatic rings. The second-order valence-corrected chi connectivity index (χ2v) is 8.04. The molecule has 0 aliphatic rings. The highest BCUT2D eigenvalue weighted by Crippen LogP contribution is 2.17.